The molecule has 0 aromatic carbocycles. The third-order valence-corrected chi connectivity index (χ3v) is 3.55. The second-order valence-corrected chi connectivity index (χ2v) is 5.35. The molecule has 1 amide bonds. The number of hydrogen-bond donors (Lipinski definition) is 2. The van der Waals surface area contributed by atoms with Gasteiger partial charge in [-0.3, -0.25) is 14.6 Å². The van der Waals surface area contributed by atoms with Gasteiger partial charge in [0.05, 0.1) is 17.6 Å². The van der Waals surface area contributed by atoms with Crippen LogP contribution in [0.2, 0.25) is 0 Å². The maximum absolute atomic E-state index is 12.4. The molecule has 0 radical (unpaired) electrons. The number of ether oxygens (including phenoxy) is 1. The molecule has 0 aliphatic heterocycles. The Morgan fingerprint density at radius 3 is 2.62 bits per heavy atom. The highest BCUT2D eigenvalue weighted by Gasteiger charge is 2.27. The maximum Gasteiger partial charge on any atom is 0.303 e. The highest BCUT2D eigenvalue weighted by molar-refractivity contribution is 5.84. The molecule has 3 N–H and O–H groups in total. The fourth-order valence-corrected chi connectivity index (χ4v) is 2.51. The van der Waals surface area contributed by atoms with Crippen LogP contribution in [0.25, 0.3) is 0 Å². The van der Waals surface area contributed by atoms with E-state index in [4.69, 9.17) is 10.5 Å². The number of amides is 1. The number of rotatable bonds is 4. The van der Waals surface area contributed by atoms with Gasteiger partial charge in [-0.25, -0.2) is 0 Å². The first-order valence-corrected chi connectivity index (χ1v) is 7.25. The minimum Gasteiger partial charge on any atom is -0.446 e. The second-order valence-electron chi connectivity index (χ2n) is 5.35. The third-order valence-electron chi connectivity index (χ3n) is 3.55. The van der Waals surface area contributed by atoms with E-state index in [9.17, 15) is 9.59 Å². The Kier molecular flexibility index (Phi) is 5.14. The molecule has 1 atom stereocenters. The number of nitrogens with zero attached hydrogens (tertiary/aromatic N) is 1. The number of esters is 1. The van der Waals surface area contributed by atoms with Gasteiger partial charge in [-0.05, 0) is 25.0 Å². The zero-order valence-electron chi connectivity index (χ0n) is 12.2. The van der Waals surface area contributed by atoms with Gasteiger partial charge in [0.25, 0.3) is 5.91 Å². The van der Waals surface area contributed by atoms with Gasteiger partial charge in [0.1, 0.15) is 0 Å². The van der Waals surface area contributed by atoms with Crippen molar-refractivity contribution in [3.63, 3.8) is 0 Å². The van der Waals surface area contributed by atoms with Gasteiger partial charge in [0, 0.05) is 13.0 Å². The minimum absolute atomic E-state index is 0.151. The smallest absolute Gasteiger partial charge is 0.303 e. The van der Waals surface area contributed by atoms with Crippen LogP contribution in [0.15, 0.2) is 18.3 Å². The second kappa shape index (κ2) is 7.06. The van der Waals surface area contributed by atoms with E-state index in [0.717, 1.165) is 25.7 Å². The van der Waals surface area contributed by atoms with E-state index in [-0.39, 0.29) is 11.9 Å². The number of carbonyl (C=O) groups is 2. The molecule has 1 aliphatic rings. The van der Waals surface area contributed by atoms with Crippen molar-refractivity contribution in [2.24, 2.45) is 0 Å². The number of pyridine rings is 1. The van der Waals surface area contributed by atoms with Crippen LogP contribution in [0.5, 0.6) is 0 Å². The van der Waals surface area contributed by atoms with Gasteiger partial charge in [0.2, 0.25) is 6.10 Å². The molecule has 1 heterocycles. The number of nitrogens with one attached hydrogen (secondary N) is 1. The van der Waals surface area contributed by atoms with Crippen LogP contribution in [0.3, 0.4) is 0 Å². The molecule has 0 spiro atoms. The van der Waals surface area contributed by atoms with Gasteiger partial charge in [-0.2, -0.15) is 0 Å². The number of hydrogen-bond acceptors (Lipinski definition) is 5. The van der Waals surface area contributed by atoms with Crippen LogP contribution in [0.4, 0.5) is 5.69 Å². The van der Waals surface area contributed by atoms with Crippen molar-refractivity contribution in [3.8, 4) is 0 Å². The summed E-state index contributed by atoms with van der Waals surface area (Å²) >= 11 is 0. The Morgan fingerprint density at radius 1 is 1.33 bits per heavy atom. The van der Waals surface area contributed by atoms with Crippen molar-refractivity contribution in [2.75, 3.05) is 5.73 Å². The Labute approximate surface area is 124 Å². The van der Waals surface area contributed by atoms with Crippen molar-refractivity contribution in [1.29, 1.82) is 0 Å². The molecule has 1 aliphatic carbocycles. The van der Waals surface area contributed by atoms with E-state index in [1.807, 2.05) is 0 Å². The van der Waals surface area contributed by atoms with E-state index in [0.29, 0.717) is 11.4 Å². The molecule has 0 saturated heterocycles. The maximum atomic E-state index is 12.4. The SMILES string of the molecule is CC(=O)OC(C(=O)NC1CCCCC1)c1ccc(N)cn1. The molecule has 1 aromatic rings. The minimum atomic E-state index is -1.02. The number of carbonyl (C=O) groups excluding carboxylic acids is 2. The van der Waals surface area contributed by atoms with E-state index in [2.05, 4.69) is 10.3 Å². The van der Waals surface area contributed by atoms with Crippen molar-refractivity contribution in [1.82, 2.24) is 10.3 Å². The van der Waals surface area contributed by atoms with Crippen LogP contribution < -0.4 is 11.1 Å². The van der Waals surface area contributed by atoms with Gasteiger partial charge < -0.3 is 15.8 Å². The number of anilines is 1. The van der Waals surface area contributed by atoms with Crippen LogP contribution in [-0.4, -0.2) is 22.9 Å². The van der Waals surface area contributed by atoms with E-state index in [1.54, 1.807) is 12.1 Å². The summed E-state index contributed by atoms with van der Waals surface area (Å²) in [6.07, 6.45) is 5.79. The lowest BCUT2D eigenvalue weighted by Crippen LogP contribution is -2.40. The molecule has 6 nitrogen and oxygen atoms in total. The predicted octanol–water partition coefficient (Wildman–Crippen LogP) is 1.72. The molecule has 114 valence electrons. The van der Waals surface area contributed by atoms with Gasteiger partial charge in [-0.15, -0.1) is 0 Å². The first-order chi connectivity index (χ1) is 10.1. The number of nitrogens with two attached hydrogens (primary N) is 1. The Hall–Kier alpha value is -2.11. The summed E-state index contributed by atoms with van der Waals surface area (Å²) in [5.74, 6) is -0.841. The van der Waals surface area contributed by atoms with Gasteiger partial charge >= 0.3 is 5.97 Å². The molecule has 1 aromatic heterocycles. The quantitative estimate of drug-likeness (QED) is 0.824. The predicted molar refractivity (Wildman–Crippen MR) is 78.2 cm³/mol. The zero-order chi connectivity index (χ0) is 15.2. The molecule has 6 heteroatoms. The van der Waals surface area contributed by atoms with Crippen molar-refractivity contribution in [3.05, 3.63) is 24.0 Å². The standard InChI is InChI=1S/C15H21N3O3/c1-10(19)21-14(13-8-7-11(16)9-17-13)15(20)18-12-5-3-2-4-6-12/h7-9,12,14H,2-6,16H2,1H3,(H,18,20). The van der Waals surface area contributed by atoms with Gasteiger partial charge in [-0.1, -0.05) is 19.3 Å². The topological polar surface area (TPSA) is 94.3 Å². The lowest BCUT2D eigenvalue weighted by molar-refractivity contribution is -0.155. The molecule has 2 rings (SSSR count). The summed E-state index contributed by atoms with van der Waals surface area (Å²) in [7, 11) is 0. The summed E-state index contributed by atoms with van der Waals surface area (Å²) in [4.78, 5) is 27.7. The lowest BCUT2D eigenvalue weighted by atomic mass is 9.95. The van der Waals surface area contributed by atoms with E-state index >= 15 is 0 Å². The average molecular weight is 291 g/mol. The first-order valence-electron chi connectivity index (χ1n) is 7.25. The average Bonchev–Trinajstić information content (AvgIpc) is 2.46. The molecule has 1 unspecified atom stereocenters. The molecule has 1 saturated carbocycles. The van der Waals surface area contributed by atoms with Crippen LogP contribution in [0, 0.1) is 0 Å². The fraction of sp³-hybridized carbons (Fsp3) is 0.533. The fourth-order valence-electron chi connectivity index (χ4n) is 2.51. The highest BCUT2D eigenvalue weighted by atomic mass is 16.5. The largest absolute Gasteiger partial charge is 0.446 e. The first kappa shape index (κ1) is 15.3. The van der Waals surface area contributed by atoms with Crippen molar-refractivity contribution < 1.29 is 14.3 Å². The Balaban J connectivity index is 2.08. The summed E-state index contributed by atoms with van der Waals surface area (Å²) in [6.45, 7) is 1.28. The summed E-state index contributed by atoms with van der Waals surface area (Å²) in [5.41, 5.74) is 6.46. The molecule has 1 fully saturated rings. The normalized spacial score (nSPS) is 17.0. The molecular weight excluding hydrogens is 270 g/mol. The lowest BCUT2D eigenvalue weighted by Gasteiger charge is -2.25. The zero-order valence-corrected chi connectivity index (χ0v) is 12.2. The van der Waals surface area contributed by atoms with Crippen LogP contribution in [-0.2, 0) is 14.3 Å². The van der Waals surface area contributed by atoms with Crippen molar-refractivity contribution >= 4 is 17.6 Å². The van der Waals surface area contributed by atoms with E-state index in [1.165, 1.54) is 19.5 Å². The van der Waals surface area contributed by atoms with Crippen molar-refractivity contribution in [2.45, 2.75) is 51.2 Å². The summed E-state index contributed by atoms with van der Waals surface area (Å²) < 4.78 is 5.13. The summed E-state index contributed by atoms with van der Waals surface area (Å²) in [5, 5.41) is 2.95. The number of nitrogen functional groups attached to an aromatic ring is 1. The highest BCUT2D eigenvalue weighted by Crippen LogP contribution is 2.21. The number of aromatic nitrogens is 1. The van der Waals surface area contributed by atoms with Crippen LogP contribution >= 0.6 is 0 Å². The Bertz CT molecular complexity index is 495. The van der Waals surface area contributed by atoms with E-state index < -0.39 is 12.1 Å². The molecule has 21 heavy (non-hydrogen) atoms. The van der Waals surface area contributed by atoms with Crippen LogP contribution in [0.1, 0.15) is 50.8 Å². The summed E-state index contributed by atoms with van der Waals surface area (Å²) in [6, 6.07) is 3.38. The van der Waals surface area contributed by atoms with Gasteiger partial charge in [0.15, 0.2) is 0 Å². The third kappa shape index (κ3) is 4.44. The molecule has 0 bridgehead atoms. The monoisotopic (exact) mass is 291 g/mol. The Morgan fingerprint density at radius 2 is 2.05 bits per heavy atom. The molecular formula is C15H21N3O3.